The summed E-state index contributed by atoms with van der Waals surface area (Å²) in [6.07, 6.45) is -1.64. The van der Waals surface area contributed by atoms with Gasteiger partial charge in [0.15, 0.2) is 0 Å². The Balaban J connectivity index is 1.57. The van der Waals surface area contributed by atoms with Crippen molar-refractivity contribution in [3.05, 3.63) is 102 Å². The molecule has 3 aromatic carbocycles. The number of hydrogen-bond donors (Lipinski definition) is 3. The predicted octanol–water partition coefficient (Wildman–Crippen LogP) is 3.24. The molecule has 1 fully saturated rings. The first-order valence-electron chi connectivity index (χ1n) is 13.1. The van der Waals surface area contributed by atoms with Crippen molar-refractivity contribution in [3.8, 4) is 0 Å². The van der Waals surface area contributed by atoms with Gasteiger partial charge in [-0.2, -0.15) is 0 Å². The van der Waals surface area contributed by atoms with Gasteiger partial charge in [-0.15, -0.1) is 11.8 Å². The van der Waals surface area contributed by atoms with Crippen LogP contribution in [0.4, 0.5) is 0 Å². The molecule has 0 saturated carbocycles. The maximum atomic E-state index is 13.8. The van der Waals surface area contributed by atoms with Gasteiger partial charge in [0.2, 0.25) is 15.9 Å². The molecule has 2 amide bonds. The van der Waals surface area contributed by atoms with Crippen molar-refractivity contribution >= 4 is 33.6 Å². The number of nitrogens with one attached hydrogen (secondary N) is 2. The summed E-state index contributed by atoms with van der Waals surface area (Å²) in [6, 6.07) is 22.6. The Morgan fingerprint density at radius 3 is 2.25 bits per heavy atom. The normalized spacial score (nSPS) is 18.2. The highest BCUT2D eigenvalue weighted by Gasteiger charge is 2.50. The van der Waals surface area contributed by atoms with Crippen LogP contribution in [-0.2, 0) is 32.6 Å². The molecule has 0 aromatic heterocycles. The number of nitrogens with zero attached hydrogens (tertiary/aromatic N) is 1. The Kier molecular flexibility index (Phi) is 9.35. The van der Waals surface area contributed by atoms with Crippen LogP contribution >= 0.6 is 11.8 Å². The summed E-state index contributed by atoms with van der Waals surface area (Å²) < 4.78 is 28.3. The Labute approximate surface area is 240 Å². The second kappa shape index (κ2) is 12.6. The number of aliphatic hydroxyl groups is 1. The van der Waals surface area contributed by atoms with Gasteiger partial charge in [-0.05, 0) is 56.0 Å². The van der Waals surface area contributed by atoms with Crippen molar-refractivity contribution in [3.63, 3.8) is 0 Å². The van der Waals surface area contributed by atoms with Crippen molar-refractivity contribution in [1.29, 1.82) is 0 Å². The number of rotatable bonds is 10. The highest BCUT2D eigenvalue weighted by atomic mass is 32.2. The number of amides is 2. The molecule has 3 atom stereocenters. The number of aryl methyl sites for hydroxylation is 1. The molecule has 1 aliphatic rings. The summed E-state index contributed by atoms with van der Waals surface area (Å²) in [4.78, 5) is 28.6. The van der Waals surface area contributed by atoms with Crippen LogP contribution in [0, 0.1) is 6.92 Å². The molecule has 0 unspecified atom stereocenters. The summed E-state index contributed by atoms with van der Waals surface area (Å²) in [7, 11) is -4.04. The summed E-state index contributed by atoms with van der Waals surface area (Å²) in [5.74, 6) is -0.844. The number of hydrogen-bond acceptors (Lipinski definition) is 6. The lowest BCUT2D eigenvalue weighted by atomic mass is 9.97. The number of sulfonamides is 1. The van der Waals surface area contributed by atoms with Gasteiger partial charge in [-0.3, -0.25) is 9.59 Å². The van der Waals surface area contributed by atoms with E-state index < -0.39 is 38.9 Å². The topological polar surface area (TPSA) is 116 Å². The van der Waals surface area contributed by atoms with Gasteiger partial charge in [0.25, 0.3) is 5.91 Å². The number of benzene rings is 3. The van der Waals surface area contributed by atoms with Crippen LogP contribution in [0.15, 0.2) is 89.8 Å². The van der Waals surface area contributed by atoms with E-state index in [0.29, 0.717) is 6.54 Å². The van der Waals surface area contributed by atoms with Crippen molar-refractivity contribution in [1.82, 2.24) is 14.9 Å². The van der Waals surface area contributed by atoms with Gasteiger partial charge in [0.05, 0.1) is 16.8 Å². The second-order valence-electron chi connectivity index (χ2n) is 10.4. The fourth-order valence-electron chi connectivity index (χ4n) is 4.79. The zero-order valence-electron chi connectivity index (χ0n) is 22.8. The van der Waals surface area contributed by atoms with E-state index in [4.69, 9.17) is 0 Å². The van der Waals surface area contributed by atoms with E-state index in [1.54, 1.807) is 42.5 Å². The van der Waals surface area contributed by atoms with E-state index in [1.165, 1.54) is 28.8 Å². The highest BCUT2D eigenvalue weighted by molar-refractivity contribution is 8.00. The summed E-state index contributed by atoms with van der Waals surface area (Å²) >= 11 is 1.43. The quantitative estimate of drug-likeness (QED) is 0.339. The molecule has 212 valence electrons. The fraction of sp³-hybridized carbons (Fsp3) is 0.333. The van der Waals surface area contributed by atoms with E-state index >= 15 is 0 Å². The van der Waals surface area contributed by atoms with E-state index in [1.807, 2.05) is 51.1 Å². The lowest BCUT2D eigenvalue weighted by Gasteiger charge is -2.33. The van der Waals surface area contributed by atoms with Crippen LogP contribution < -0.4 is 10.0 Å². The molecule has 1 aliphatic heterocycles. The number of carbonyl (C=O) groups is 2. The maximum absolute atomic E-state index is 13.8. The standard InChI is InChI=1S/C30H35N3O5S2/c1-21-12-10-11-15-23(21)19-31-28(35)27-30(2,3)39-20-33(27)29(36)26(34)25(18-22-13-6-4-7-14-22)32-40(37,38)24-16-8-5-9-17-24/h4-17,25-27,32,34H,18-20H2,1-3H3,(H,31,35)/t25-,26-,27+/m0/s1. The summed E-state index contributed by atoms with van der Waals surface area (Å²) in [5, 5.41) is 14.3. The third kappa shape index (κ3) is 6.93. The Morgan fingerprint density at radius 1 is 1.00 bits per heavy atom. The molecule has 0 spiro atoms. The van der Waals surface area contributed by atoms with E-state index in [0.717, 1.165) is 16.7 Å². The molecule has 8 nitrogen and oxygen atoms in total. The molecule has 4 rings (SSSR count). The van der Waals surface area contributed by atoms with Crippen molar-refractivity contribution in [2.24, 2.45) is 0 Å². The minimum atomic E-state index is -4.04. The monoisotopic (exact) mass is 581 g/mol. The number of thioether (sulfide) groups is 1. The van der Waals surface area contributed by atoms with Gasteiger partial charge in [-0.1, -0.05) is 72.8 Å². The van der Waals surface area contributed by atoms with Crippen molar-refractivity contribution in [2.45, 2.75) is 61.6 Å². The molecular formula is C30H35N3O5S2. The van der Waals surface area contributed by atoms with Crippen LogP contribution in [0.2, 0.25) is 0 Å². The van der Waals surface area contributed by atoms with E-state index in [9.17, 15) is 23.1 Å². The average Bonchev–Trinajstić information content (AvgIpc) is 3.27. The second-order valence-corrected chi connectivity index (χ2v) is 13.7. The Morgan fingerprint density at radius 2 is 1.60 bits per heavy atom. The Hall–Kier alpha value is -3.18. The number of aliphatic hydroxyl groups excluding tert-OH is 1. The zero-order valence-corrected chi connectivity index (χ0v) is 24.4. The van der Waals surface area contributed by atoms with Gasteiger partial charge >= 0.3 is 0 Å². The summed E-state index contributed by atoms with van der Waals surface area (Å²) in [6.45, 7) is 6.04. The van der Waals surface area contributed by atoms with Crippen LogP contribution in [0.25, 0.3) is 0 Å². The Bertz CT molecular complexity index is 1430. The first kappa shape index (κ1) is 29.8. The third-order valence-electron chi connectivity index (χ3n) is 7.08. The fourth-order valence-corrected chi connectivity index (χ4v) is 7.20. The highest BCUT2D eigenvalue weighted by Crippen LogP contribution is 2.40. The molecule has 3 aromatic rings. The minimum Gasteiger partial charge on any atom is -0.382 e. The van der Waals surface area contributed by atoms with E-state index in [-0.39, 0.29) is 23.1 Å². The average molecular weight is 582 g/mol. The summed E-state index contributed by atoms with van der Waals surface area (Å²) in [5.41, 5.74) is 2.76. The van der Waals surface area contributed by atoms with Crippen LogP contribution in [0.3, 0.4) is 0 Å². The molecule has 1 saturated heterocycles. The molecule has 40 heavy (non-hydrogen) atoms. The molecule has 0 aliphatic carbocycles. The molecule has 3 N–H and O–H groups in total. The first-order chi connectivity index (χ1) is 19.0. The first-order valence-corrected chi connectivity index (χ1v) is 15.5. The van der Waals surface area contributed by atoms with E-state index in [2.05, 4.69) is 10.0 Å². The van der Waals surface area contributed by atoms with Gasteiger partial charge in [0.1, 0.15) is 12.1 Å². The van der Waals surface area contributed by atoms with Gasteiger partial charge < -0.3 is 15.3 Å². The molecule has 1 heterocycles. The van der Waals surface area contributed by atoms with Gasteiger partial charge in [-0.25, -0.2) is 13.1 Å². The van der Waals surface area contributed by atoms with Crippen LogP contribution in [0.5, 0.6) is 0 Å². The minimum absolute atomic E-state index is 0.0269. The van der Waals surface area contributed by atoms with Crippen LogP contribution in [-0.4, -0.2) is 59.1 Å². The molecular weight excluding hydrogens is 546 g/mol. The lowest BCUT2D eigenvalue weighted by Crippen LogP contribution is -2.58. The molecule has 0 bridgehead atoms. The maximum Gasteiger partial charge on any atom is 0.254 e. The largest absolute Gasteiger partial charge is 0.382 e. The third-order valence-corrected chi connectivity index (χ3v) is 9.96. The van der Waals surface area contributed by atoms with Crippen molar-refractivity contribution < 1.29 is 23.1 Å². The smallest absolute Gasteiger partial charge is 0.254 e. The number of carbonyl (C=O) groups excluding carboxylic acids is 2. The predicted molar refractivity (Wildman–Crippen MR) is 157 cm³/mol. The molecule has 0 radical (unpaired) electrons. The molecule has 10 heteroatoms. The van der Waals surface area contributed by atoms with Crippen molar-refractivity contribution in [2.75, 3.05) is 5.88 Å². The van der Waals surface area contributed by atoms with Crippen LogP contribution in [0.1, 0.15) is 30.5 Å². The van der Waals surface area contributed by atoms with Gasteiger partial charge in [0, 0.05) is 11.3 Å². The SMILES string of the molecule is Cc1ccccc1CNC(=O)[C@H]1N(C(=O)[C@@H](O)[C@H](Cc2ccccc2)NS(=O)(=O)c2ccccc2)CSC1(C)C. The zero-order chi connectivity index (χ0) is 28.9. The lowest BCUT2D eigenvalue weighted by molar-refractivity contribution is -0.147.